The number of thioether (sulfide) groups is 1. The standard InChI is InChI=1S/C41H31NS/c1-43-41-29-34(31-15-6-3-7-16-31)25-28-40(41)42(35-26-23-32(24-27-35)30-13-4-2-5-14-30)39-22-11-10-20-38(39)37-21-12-18-33-17-8-9-19-36(33)37/h2-29H,1H3. The van der Waals surface area contributed by atoms with E-state index in [1.807, 2.05) is 0 Å². The molecule has 43 heavy (non-hydrogen) atoms. The van der Waals surface area contributed by atoms with Gasteiger partial charge < -0.3 is 4.90 Å². The van der Waals surface area contributed by atoms with Crippen molar-refractivity contribution in [3.05, 3.63) is 170 Å². The lowest BCUT2D eigenvalue weighted by molar-refractivity contribution is 1.23. The molecule has 2 heteroatoms. The average Bonchev–Trinajstić information content (AvgIpc) is 3.09. The molecule has 1 nitrogen and oxygen atoms in total. The molecule has 0 unspecified atom stereocenters. The Balaban J connectivity index is 1.43. The maximum Gasteiger partial charge on any atom is 0.0598 e. The monoisotopic (exact) mass is 569 g/mol. The third-order valence-electron chi connectivity index (χ3n) is 7.99. The number of hydrogen-bond donors (Lipinski definition) is 0. The normalized spacial score (nSPS) is 11.0. The van der Waals surface area contributed by atoms with Crippen LogP contribution in [0.5, 0.6) is 0 Å². The Hall–Kier alpha value is -5.05. The molecule has 206 valence electrons. The van der Waals surface area contributed by atoms with Gasteiger partial charge in [-0.15, -0.1) is 11.8 Å². The molecule has 0 saturated heterocycles. The second kappa shape index (κ2) is 12.1. The second-order valence-electron chi connectivity index (χ2n) is 10.5. The molecule has 0 fully saturated rings. The van der Waals surface area contributed by atoms with Crippen molar-refractivity contribution in [1.29, 1.82) is 0 Å². The van der Waals surface area contributed by atoms with Gasteiger partial charge in [-0.3, -0.25) is 0 Å². The lowest BCUT2D eigenvalue weighted by Crippen LogP contribution is -2.12. The molecular formula is C41H31NS. The lowest BCUT2D eigenvalue weighted by atomic mass is 9.96. The molecule has 7 rings (SSSR count). The Morgan fingerprint density at radius 3 is 1.72 bits per heavy atom. The summed E-state index contributed by atoms with van der Waals surface area (Å²) >= 11 is 1.78. The minimum absolute atomic E-state index is 1.12. The van der Waals surface area contributed by atoms with Gasteiger partial charge in [0.25, 0.3) is 0 Å². The number of para-hydroxylation sites is 1. The summed E-state index contributed by atoms with van der Waals surface area (Å²) in [6.45, 7) is 0. The predicted octanol–water partition coefficient (Wildman–Crippen LogP) is 12.0. The second-order valence-corrected chi connectivity index (χ2v) is 11.4. The van der Waals surface area contributed by atoms with Crippen LogP contribution < -0.4 is 4.90 Å². The Morgan fingerprint density at radius 2 is 0.977 bits per heavy atom. The smallest absolute Gasteiger partial charge is 0.0598 e. The summed E-state index contributed by atoms with van der Waals surface area (Å²) in [6.07, 6.45) is 2.17. The van der Waals surface area contributed by atoms with Gasteiger partial charge >= 0.3 is 0 Å². The SMILES string of the molecule is CSc1cc(-c2ccccc2)ccc1N(c1ccc(-c2ccccc2)cc1)c1ccccc1-c1cccc2ccccc12. The average molecular weight is 570 g/mol. The summed E-state index contributed by atoms with van der Waals surface area (Å²) in [7, 11) is 0. The minimum atomic E-state index is 1.12. The van der Waals surface area contributed by atoms with Crippen LogP contribution in [0.25, 0.3) is 44.2 Å². The molecule has 0 atom stereocenters. The molecule has 0 N–H and O–H groups in total. The van der Waals surface area contributed by atoms with Gasteiger partial charge in [-0.05, 0) is 75.2 Å². The van der Waals surface area contributed by atoms with Crippen LogP contribution in [0.1, 0.15) is 0 Å². The maximum absolute atomic E-state index is 2.42. The highest BCUT2D eigenvalue weighted by molar-refractivity contribution is 7.98. The van der Waals surface area contributed by atoms with Crippen molar-refractivity contribution in [3.63, 3.8) is 0 Å². The van der Waals surface area contributed by atoms with Crippen molar-refractivity contribution in [2.45, 2.75) is 4.90 Å². The van der Waals surface area contributed by atoms with E-state index in [1.54, 1.807) is 11.8 Å². The van der Waals surface area contributed by atoms with Crippen LogP contribution in [-0.4, -0.2) is 6.26 Å². The molecule has 7 aromatic rings. The Morgan fingerprint density at radius 1 is 0.419 bits per heavy atom. The van der Waals surface area contributed by atoms with Crippen LogP contribution in [-0.2, 0) is 0 Å². The summed E-state index contributed by atoms with van der Waals surface area (Å²) in [5, 5.41) is 2.49. The molecule has 0 aliphatic carbocycles. The summed E-state index contributed by atoms with van der Waals surface area (Å²) < 4.78 is 0. The summed E-state index contributed by atoms with van der Waals surface area (Å²) in [5.41, 5.74) is 10.7. The summed E-state index contributed by atoms with van der Waals surface area (Å²) in [5.74, 6) is 0. The molecule has 0 aromatic heterocycles. The van der Waals surface area contributed by atoms with Crippen molar-refractivity contribution in [2.75, 3.05) is 11.2 Å². The zero-order valence-corrected chi connectivity index (χ0v) is 24.8. The van der Waals surface area contributed by atoms with E-state index in [0.29, 0.717) is 0 Å². The number of rotatable bonds is 7. The van der Waals surface area contributed by atoms with E-state index >= 15 is 0 Å². The Kier molecular flexibility index (Phi) is 7.52. The molecule has 0 saturated carbocycles. The summed E-state index contributed by atoms with van der Waals surface area (Å²) in [4.78, 5) is 3.65. The highest BCUT2D eigenvalue weighted by Crippen LogP contribution is 2.46. The molecule has 0 spiro atoms. The van der Waals surface area contributed by atoms with E-state index in [1.165, 1.54) is 49.0 Å². The first-order valence-electron chi connectivity index (χ1n) is 14.6. The Labute approximate surface area is 258 Å². The quantitative estimate of drug-likeness (QED) is 0.176. The molecule has 0 amide bonds. The van der Waals surface area contributed by atoms with E-state index in [9.17, 15) is 0 Å². The van der Waals surface area contributed by atoms with E-state index in [-0.39, 0.29) is 0 Å². The van der Waals surface area contributed by atoms with Crippen molar-refractivity contribution < 1.29 is 0 Å². The fraction of sp³-hybridized carbons (Fsp3) is 0.0244. The van der Waals surface area contributed by atoms with E-state index in [0.717, 1.165) is 17.1 Å². The summed E-state index contributed by atoms with van der Waals surface area (Å²) in [6, 6.07) is 61.0. The minimum Gasteiger partial charge on any atom is -0.309 e. The maximum atomic E-state index is 2.42. The number of benzene rings is 7. The first kappa shape index (κ1) is 26.8. The van der Waals surface area contributed by atoms with E-state index in [2.05, 4.69) is 181 Å². The van der Waals surface area contributed by atoms with Crippen LogP contribution >= 0.6 is 11.8 Å². The van der Waals surface area contributed by atoms with Crippen molar-refractivity contribution in [2.24, 2.45) is 0 Å². The number of nitrogens with zero attached hydrogens (tertiary/aromatic N) is 1. The Bertz CT molecular complexity index is 1990. The first-order valence-corrected chi connectivity index (χ1v) is 15.8. The molecule has 0 heterocycles. The zero-order chi connectivity index (χ0) is 29.0. The van der Waals surface area contributed by atoms with Crippen molar-refractivity contribution in [3.8, 4) is 33.4 Å². The number of anilines is 3. The van der Waals surface area contributed by atoms with Crippen LogP contribution in [0.3, 0.4) is 0 Å². The van der Waals surface area contributed by atoms with E-state index < -0.39 is 0 Å². The van der Waals surface area contributed by atoms with Gasteiger partial charge in [0.2, 0.25) is 0 Å². The molecular weight excluding hydrogens is 539 g/mol. The molecule has 0 aliphatic heterocycles. The van der Waals surface area contributed by atoms with Crippen LogP contribution in [0, 0.1) is 0 Å². The number of hydrogen-bond acceptors (Lipinski definition) is 2. The first-order chi connectivity index (χ1) is 21.3. The fourth-order valence-corrected chi connectivity index (χ4v) is 6.48. The van der Waals surface area contributed by atoms with Gasteiger partial charge in [-0.25, -0.2) is 0 Å². The molecule has 0 aliphatic rings. The predicted molar refractivity (Wildman–Crippen MR) is 187 cm³/mol. The van der Waals surface area contributed by atoms with Crippen molar-refractivity contribution in [1.82, 2.24) is 0 Å². The van der Waals surface area contributed by atoms with Crippen LogP contribution in [0.4, 0.5) is 17.1 Å². The van der Waals surface area contributed by atoms with E-state index in [4.69, 9.17) is 0 Å². The van der Waals surface area contributed by atoms with Gasteiger partial charge in [0.05, 0.1) is 11.4 Å². The molecule has 0 bridgehead atoms. The van der Waals surface area contributed by atoms with Gasteiger partial charge in [-0.1, -0.05) is 140 Å². The van der Waals surface area contributed by atoms with Crippen molar-refractivity contribution >= 4 is 39.6 Å². The topological polar surface area (TPSA) is 3.24 Å². The molecule has 0 radical (unpaired) electrons. The lowest BCUT2D eigenvalue weighted by Gasteiger charge is -2.30. The van der Waals surface area contributed by atoms with Gasteiger partial charge in [0, 0.05) is 16.1 Å². The highest BCUT2D eigenvalue weighted by Gasteiger charge is 2.21. The highest BCUT2D eigenvalue weighted by atomic mass is 32.2. The fourth-order valence-electron chi connectivity index (χ4n) is 5.87. The van der Waals surface area contributed by atoms with Crippen LogP contribution in [0.15, 0.2) is 175 Å². The third kappa shape index (κ3) is 5.34. The third-order valence-corrected chi connectivity index (χ3v) is 8.75. The van der Waals surface area contributed by atoms with Gasteiger partial charge in [-0.2, -0.15) is 0 Å². The number of fused-ring (bicyclic) bond motifs is 1. The largest absolute Gasteiger partial charge is 0.309 e. The van der Waals surface area contributed by atoms with Crippen LogP contribution in [0.2, 0.25) is 0 Å². The van der Waals surface area contributed by atoms with Gasteiger partial charge in [0.1, 0.15) is 0 Å². The molecule has 7 aromatic carbocycles. The zero-order valence-electron chi connectivity index (χ0n) is 24.0. The van der Waals surface area contributed by atoms with Gasteiger partial charge in [0.15, 0.2) is 0 Å².